The Hall–Kier alpha value is -1.14. The molecule has 0 aliphatic heterocycles. The Kier molecular flexibility index (Phi) is 3.88. The molecule has 90 valence electrons. The maximum atomic E-state index is 11.8. The van der Waals surface area contributed by atoms with Crippen LogP contribution in [0, 0.1) is 0 Å². The number of hydrogen-bond donors (Lipinski definition) is 1. The standard InChI is InChI=1S/C10H15NO4S/c1-3-15-9(12)10(11-16(2,13)14)7-5-4-6-8-10/h4-7,11H,3,8H2,1-2H3. The number of sulfonamides is 1. The Bertz CT molecular complexity index is 424. The highest BCUT2D eigenvalue weighted by atomic mass is 32.2. The Morgan fingerprint density at radius 2 is 2.19 bits per heavy atom. The van der Waals surface area contributed by atoms with Crippen LogP contribution in [0.25, 0.3) is 0 Å². The summed E-state index contributed by atoms with van der Waals surface area (Å²) >= 11 is 0. The van der Waals surface area contributed by atoms with Gasteiger partial charge in [0.05, 0.1) is 12.9 Å². The fourth-order valence-corrected chi connectivity index (χ4v) is 2.38. The molecule has 0 amide bonds. The number of allylic oxidation sites excluding steroid dienone is 2. The zero-order chi connectivity index (χ0) is 12.2. The molecule has 0 bridgehead atoms. The van der Waals surface area contributed by atoms with E-state index < -0.39 is 21.5 Å². The topological polar surface area (TPSA) is 72.5 Å². The molecule has 6 heteroatoms. The van der Waals surface area contributed by atoms with Gasteiger partial charge in [0.2, 0.25) is 10.0 Å². The van der Waals surface area contributed by atoms with Crippen molar-refractivity contribution in [3.05, 3.63) is 24.3 Å². The molecule has 0 saturated heterocycles. The molecule has 1 atom stereocenters. The lowest BCUT2D eigenvalue weighted by molar-refractivity contribution is -0.148. The van der Waals surface area contributed by atoms with Gasteiger partial charge in [-0.1, -0.05) is 24.3 Å². The van der Waals surface area contributed by atoms with Crippen LogP contribution in [-0.4, -0.2) is 32.8 Å². The maximum Gasteiger partial charge on any atom is 0.331 e. The number of ether oxygens (including phenoxy) is 1. The SMILES string of the molecule is CCOC(=O)C1(NS(C)(=O)=O)C=CC=CC1. The minimum absolute atomic E-state index is 0.212. The number of nitrogens with one attached hydrogen (secondary N) is 1. The largest absolute Gasteiger partial charge is 0.464 e. The second kappa shape index (κ2) is 4.80. The third-order valence-corrected chi connectivity index (χ3v) is 2.81. The van der Waals surface area contributed by atoms with E-state index in [2.05, 4.69) is 4.72 Å². The molecule has 1 aliphatic carbocycles. The Morgan fingerprint density at radius 1 is 1.50 bits per heavy atom. The van der Waals surface area contributed by atoms with Crippen molar-refractivity contribution in [2.45, 2.75) is 18.9 Å². The summed E-state index contributed by atoms with van der Waals surface area (Å²) in [6, 6.07) is 0. The molecule has 1 unspecified atom stereocenters. The summed E-state index contributed by atoms with van der Waals surface area (Å²) in [5, 5.41) is 0. The van der Waals surface area contributed by atoms with Crippen LogP contribution in [0.15, 0.2) is 24.3 Å². The summed E-state index contributed by atoms with van der Waals surface area (Å²) in [6.07, 6.45) is 7.87. The molecule has 0 fully saturated rings. The molecular weight excluding hydrogens is 230 g/mol. The van der Waals surface area contributed by atoms with Gasteiger partial charge in [0, 0.05) is 0 Å². The summed E-state index contributed by atoms with van der Waals surface area (Å²) in [7, 11) is -3.48. The third-order valence-electron chi connectivity index (χ3n) is 2.07. The van der Waals surface area contributed by atoms with E-state index >= 15 is 0 Å². The van der Waals surface area contributed by atoms with Gasteiger partial charge in [0.1, 0.15) is 0 Å². The molecule has 0 heterocycles. The normalized spacial score (nSPS) is 24.4. The highest BCUT2D eigenvalue weighted by Gasteiger charge is 2.39. The van der Waals surface area contributed by atoms with E-state index in [0.29, 0.717) is 0 Å². The smallest absolute Gasteiger partial charge is 0.331 e. The lowest BCUT2D eigenvalue weighted by Crippen LogP contribution is -2.53. The van der Waals surface area contributed by atoms with Crippen molar-refractivity contribution in [1.82, 2.24) is 4.72 Å². The van der Waals surface area contributed by atoms with Gasteiger partial charge < -0.3 is 4.74 Å². The summed E-state index contributed by atoms with van der Waals surface area (Å²) in [4.78, 5) is 11.8. The molecule has 0 aromatic carbocycles. The van der Waals surface area contributed by atoms with Crippen LogP contribution in [0.1, 0.15) is 13.3 Å². The van der Waals surface area contributed by atoms with Crippen LogP contribution in [0.4, 0.5) is 0 Å². The number of hydrogen-bond acceptors (Lipinski definition) is 4. The van der Waals surface area contributed by atoms with E-state index in [9.17, 15) is 13.2 Å². The maximum absolute atomic E-state index is 11.8. The van der Waals surface area contributed by atoms with Crippen molar-refractivity contribution >= 4 is 16.0 Å². The zero-order valence-electron chi connectivity index (χ0n) is 9.26. The average molecular weight is 245 g/mol. The van der Waals surface area contributed by atoms with Gasteiger partial charge in [0.25, 0.3) is 0 Å². The summed E-state index contributed by atoms with van der Waals surface area (Å²) < 4.78 is 29.7. The minimum atomic E-state index is -3.48. The van der Waals surface area contributed by atoms with Crippen molar-refractivity contribution in [2.75, 3.05) is 12.9 Å². The fourth-order valence-electron chi connectivity index (χ4n) is 1.48. The highest BCUT2D eigenvalue weighted by Crippen LogP contribution is 2.20. The van der Waals surface area contributed by atoms with Crippen LogP contribution >= 0.6 is 0 Å². The quantitative estimate of drug-likeness (QED) is 0.726. The van der Waals surface area contributed by atoms with Crippen LogP contribution in [0.3, 0.4) is 0 Å². The number of rotatable bonds is 4. The first kappa shape index (κ1) is 12.9. The molecule has 0 saturated carbocycles. The highest BCUT2D eigenvalue weighted by molar-refractivity contribution is 7.88. The van der Waals surface area contributed by atoms with Crippen molar-refractivity contribution in [3.8, 4) is 0 Å². The summed E-state index contributed by atoms with van der Waals surface area (Å²) in [5.41, 5.74) is -1.29. The fraction of sp³-hybridized carbons (Fsp3) is 0.500. The molecule has 1 rings (SSSR count). The van der Waals surface area contributed by atoms with E-state index in [-0.39, 0.29) is 13.0 Å². The lowest BCUT2D eigenvalue weighted by Gasteiger charge is -2.28. The first-order chi connectivity index (χ1) is 7.40. The Morgan fingerprint density at radius 3 is 2.62 bits per heavy atom. The van der Waals surface area contributed by atoms with Crippen LogP contribution < -0.4 is 4.72 Å². The predicted molar refractivity (Wildman–Crippen MR) is 60.2 cm³/mol. The van der Waals surface area contributed by atoms with E-state index in [1.807, 2.05) is 0 Å². The van der Waals surface area contributed by atoms with Gasteiger partial charge in [-0.15, -0.1) is 0 Å². The second-order valence-corrected chi connectivity index (χ2v) is 5.31. The van der Waals surface area contributed by atoms with Crippen molar-refractivity contribution < 1.29 is 17.9 Å². The number of carbonyl (C=O) groups excluding carboxylic acids is 1. The molecule has 0 aromatic heterocycles. The molecular formula is C10H15NO4S. The second-order valence-electron chi connectivity index (χ2n) is 3.56. The van der Waals surface area contributed by atoms with Crippen LogP contribution in [0.2, 0.25) is 0 Å². The monoisotopic (exact) mass is 245 g/mol. The molecule has 5 nitrogen and oxygen atoms in total. The Labute approximate surface area is 95.2 Å². The first-order valence-electron chi connectivity index (χ1n) is 4.90. The molecule has 1 aliphatic rings. The van der Waals surface area contributed by atoms with Crippen molar-refractivity contribution in [3.63, 3.8) is 0 Å². The molecule has 0 spiro atoms. The lowest BCUT2D eigenvalue weighted by atomic mass is 9.93. The van der Waals surface area contributed by atoms with E-state index in [0.717, 1.165) is 6.26 Å². The predicted octanol–water partition coefficient (Wildman–Crippen LogP) is 0.354. The minimum Gasteiger partial charge on any atom is -0.464 e. The van der Waals surface area contributed by atoms with Gasteiger partial charge in [-0.3, -0.25) is 0 Å². The van der Waals surface area contributed by atoms with Gasteiger partial charge in [0.15, 0.2) is 5.54 Å². The number of carbonyl (C=O) groups is 1. The Balaban J connectivity index is 2.98. The van der Waals surface area contributed by atoms with Gasteiger partial charge in [-0.05, 0) is 13.3 Å². The van der Waals surface area contributed by atoms with Gasteiger partial charge in [-0.25, -0.2) is 13.2 Å². The molecule has 1 N–H and O–H groups in total. The zero-order valence-corrected chi connectivity index (χ0v) is 10.1. The summed E-state index contributed by atoms with van der Waals surface area (Å²) in [6.45, 7) is 1.89. The summed E-state index contributed by atoms with van der Waals surface area (Å²) in [5.74, 6) is -0.582. The third kappa shape index (κ3) is 3.18. The van der Waals surface area contributed by atoms with Crippen LogP contribution in [-0.2, 0) is 19.6 Å². The molecule has 0 radical (unpaired) electrons. The molecule has 16 heavy (non-hydrogen) atoms. The molecule has 0 aromatic rings. The first-order valence-corrected chi connectivity index (χ1v) is 6.79. The van der Waals surface area contributed by atoms with Gasteiger partial charge >= 0.3 is 5.97 Å². The number of esters is 1. The van der Waals surface area contributed by atoms with Gasteiger partial charge in [-0.2, -0.15) is 4.72 Å². The average Bonchev–Trinajstić information content (AvgIpc) is 2.17. The van der Waals surface area contributed by atoms with Crippen molar-refractivity contribution in [2.24, 2.45) is 0 Å². The van der Waals surface area contributed by atoms with Crippen LogP contribution in [0.5, 0.6) is 0 Å². The van der Waals surface area contributed by atoms with E-state index in [1.165, 1.54) is 6.08 Å². The van der Waals surface area contributed by atoms with E-state index in [1.54, 1.807) is 25.2 Å². The van der Waals surface area contributed by atoms with E-state index in [4.69, 9.17) is 4.74 Å². The van der Waals surface area contributed by atoms with Crippen molar-refractivity contribution in [1.29, 1.82) is 0 Å².